The highest BCUT2D eigenvalue weighted by Crippen LogP contribution is 2.38. The summed E-state index contributed by atoms with van der Waals surface area (Å²) in [6.45, 7) is 4.18. The molecule has 1 aliphatic rings. The van der Waals surface area contributed by atoms with Crippen molar-refractivity contribution < 1.29 is 17.9 Å². The van der Waals surface area contributed by atoms with E-state index in [1.54, 1.807) is 35.2 Å². The molecule has 1 heterocycles. The van der Waals surface area contributed by atoms with E-state index >= 15 is 0 Å². The number of aryl methyl sites for hydroxylation is 2. The van der Waals surface area contributed by atoms with Gasteiger partial charge in [0.1, 0.15) is 11.5 Å². The van der Waals surface area contributed by atoms with Gasteiger partial charge in [0.2, 0.25) is 15.9 Å². The first-order valence-electron chi connectivity index (χ1n) is 10.5. The van der Waals surface area contributed by atoms with Crippen LogP contribution in [-0.2, 0) is 14.8 Å². The molecule has 34 heavy (non-hydrogen) atoms. The van der Waals surface area contributed by atoms with Gasteiger partial charge in [-0.05, 0) is 79.1 Å². The van der Waals surface area contributed by atoms with Crippen molar-refractivity contribution in [1.29, 1.82) is 5.26 Å². The minimum atomic E-state index is -3.80. The Morgan fingerprint density at radius 1 is 1.09 bits per heavy atom. The Kier molecular flexibility index (Phi) is 6.36. The first-order valence-corrected chi connectivity index (χ1v) is 12.4. The van der Waals surface area contributed by atoms with E-state index in [2.05, 4.69) is 6.07 Å². The molecule has 9 heteroatoms. The van der Waals surface area contributed by atoms with Gasteiger partial charge in [0.25, 0.3) is 0 Å². The fraction of sp³-hybridized carbons (Fsp3) is 0.200. The maximum absolute atomic E-state index is 12.7. The van der Waals surface area contributed by atoms with Gasteiger partial charge in [-0.3, -0.25) is 4.79 Å². The SMILES string of the molecule is Cc1cc(C#N)cc(C)c1Oc1cc([C@H]2CC(=O)N(c3ccc(S(N)(=O)=O)cc3)C2)ccc1Cl. The van der Waals surface area contributed by atoms with Crippen molar-refractivity contribution in [3.05, 3.63) is 81.9 Å². The van der Waals surface area contributed by atoms with Crippen molar-refractivity contribution >= 4 is 33.2 Å². The number of nitrogens with two attached hydrogens (primary N) is 1. The average molecular weight is 496 g/mol. The number of ether oxygens (including phenoxy) is 1. The normalized spacial score (nSPS) is 15.9. The molecular formula is C25H22ClN3O4S. The number of hydrogen-bond acceptors (Lipinski definition) is 5. The standard InChI is InChI=1S/C25H22ClN3O4S/c1-15-9-17(13-27)10-16(2)25(15)33-23-11-18(3-8-22(23)26)19-12-24(30)29(14-19)20-4-6-21(7-5-20)34(28,31)32/h3-11,19H,12,14H2,1-2H3,(H2,28,31,32)/t19-/m0/s1. The van der Waals surface area contributed by atoms with Gasteiger partial charge in [0, 0.05) is 24.6 Å². The minimum Gasteiger partial charge on any atom is -0.455 e. The zero-order valence-corrected chi connectivity index (χ0v) is 20.2. The summed E-state index contributed by atoms with van der Waals surface area (Å²) in [7, 11) is -3.80. The Labute approximate surface area is 203 Å². The molecule has 1 fully saturated rings. The van der Waals surface area contributed by atoms with Crippen molar-refractivity contribution in [2.24, 2.45) is 5.14 Å². The number of anilines is 1. The predicted molar refractivity (Wildman–Crippen MR) is 130 cm³/mol. The molecule has 0 aromatic heterocycles. The first kappa shape index (κ1) is 23.8. The van der Waals surface area contributed by atoms with Crippen molar-refractivity contribution in [3.8, 4) is 17.6 Å². The fourth-order valence-corrected chi connectivity index (χ4v) is 4.81. The van der Waals surface area contributed by atoms with Gasteiger partial charge in [0.05, 0.1) is 21.6 Å². The number of hydrogen-bond donors (Lipinski definition) is 1. The molecule has 0 bridgehead atoms. The summed E-state index contributed by atoms with van der Waals surface area (Å²) in [6.07, 6.45) is 0.299. The number of rotatable bonds is 5. The predicted octanol–water partition coefficient (Wildman–Crippen LogP) is 4.79. The third kappa shape index (κ3) is 4.77. The van der Waals surface area contributed by atoms with E-state index < -0.39 is 10.0 Å². The van der Waals surface area contributed by atoms with E-state index in [4.69, 9.17) is 26.7 Å². The molecule has 0 spiro atoms. The largest absolute Gasteiger partial charge is 0.455 e. The highest BCUT2D eigenvalue weighted by molar-refractivity contribution is 7.89. The summed E-state index contributed by atoms with van der Waals surface area (Å²) in [5.74, 6) is 0.952. The zero-order chi connectivity index (χ0) is 24.6. The van der Waals surface area contributed by atoms with E-state index in [0.29, 0.717) is 40.7 Å². The van der Waals surface area contributed by atoms with Crippen molar-refractivity contribution in [2.45, 2.75) is 31.1 Å². The van der Waals surface area contributed by atoms with Crippen LogP contribution in [0.4, 0.5) is 5.69 Å². The summed E-state index contributed by atoms with van der Waals surface area (Å²) in [5.41, 5.74) is 3.71. The smallest absolute Gasteiger partial charge is 0.238 e. The Balaban J connectivity index is 1.58. The van der Waals surface area contributed by atoms with Crippen LogP contribution in [-0.4, -0.2) is 20.9 Å². The number of carbonyl (C=O) groups excluding carboxylic acids is 1. The van der Waals surface area contributed by atoms with Gasteiger partial charge < -0.3 is 9.64 Å². The van der Waals surface area contributed by atoms with Crippen LogP contribution in [0.1, 0.15) is 34.6 Å². The molecule has 3 aromatic carbocycles. The summed E-state index contributed by atoms with van der Waals surface area (Å²) in [5, 5.41) is 14.8. The van der Waals surface area contributed by atoms with Crippen LogP contribution in [0.15, 0.2) is 59.5 Å². The van der Waals surface area contributed by atoms with Crippen LogP contribution < -0.4 is 14.8 Å². The van der Waals surface area contributed by atoms with Gasteiger partial charge in [0.15, 0.2) is 0 Å². The monoisotopic (exact) mass is 495 g/mol. The Hall–Kier alpha value is -3.38. The molecule has 0 aliphatic carbocycles. The summed E-state index contributed by atoms with van der Waals surface area (Å²) >= 11 is 6.41. The Bertz CT molecular complexity index is 1410. The van der Waals surface area contributed by atoms with E-state index in [0.717, 1.165) is 16.7 Å². The Morgan fingerprint density at radius 3 is 2.32 bits per heavy atom. The molecule has 4 rings (SSSR count). The zero-order valence-electron chi connectivity index (χ0n) is 18.6. The number of halogens is 1. The van der Waals surface area contributed by atoms with Gasteiger partial charge >= 0.3 is 0 Å². The summed E-state index contributed by atoms with van der Waals surface area (Å²) in [6, 6.07) is 17.0. The third-order valence-electron chi connectivity index (χ3n) is 5.83. The van der Waals surface area contributed by atoms with Crippen LogP contribution in [0.2, 0.25) is 5.02 Å². The number of benzene rings is 3. The minimum absolute atomic E-state index is 0.00710. The lowest BCUT2D eigenvalue weighted by molar-refractivity contribution is -0.117. The van der Waals surface area contributed by atoms with Crippen molar-refractivity contribution in [1.82, 2.24) is 0 Å². The lowest BCUT2D eigenvalue weighted by Crippen LogP contribution is -2.24. The molecule has 174 valence electrons. The third-order valence-corrected chi connectivity index (χ3v) is 7.07. The molecule has 1 aliphatic heterocycles. The summed E-state index contributed by atoms with van der Waals surface area (Å²) in [4.78, 5) is 14.4. The topological polar surface area (TPSA) is 113 Å². The molecule has 2 N–H and O–H groups in total. The number of primary sulfonamides is 1. The van der Waals surface area contributed by atoms with Crippen LogP contribution in [0.3, 0.4) is 0 Å². The van der Waals surface area contributed by atoms with E-state index in [9.17, 15) is 13.2 Å². The lowest BCUT2D eigenvalue weighted by Gasteiger charge is -2.18. The number of carbonyl (C=O) groups is 1. The van der Waals surface area contributed by atoms with Gasteiger partial charge in [-0.25, -0.2) is 13.6 Å². The maximum atomic E-state index is 12.7. The van der Waals surface area contributed by atoms with Gasteiger partial charge in [-0.2, -0.15) is 5.26 Å². The van der Waals surface area contributed by atoms with Crippen LogP contribution in [0.5, 0.6) is 11.5 Å². The quantitative estimate of drug-likeness (QED) is 0.546. The maximum Gasteiger partial charge on any atom is 0.238 e. The molecule has 1 atom stereocenters. The number of nitriles is 1. The highest BCUT2D eigenvalue weighted by Gasteiger charge is 2.32. The van der Waals surface area contributed by atoms with Gasteiger partial charge in [-0.15, -0.1) is 0 Å². The molecular weight excluding hydrogens is 474 g/mol. The summed E-state index contributed by atoms with van der Waals surface area (Å²) < 4.78 is 29.1. The molecule has 7 nitrogen and oxygen atoms in total. The number of nitrogens with zero attached hydrogens (tertiary/aromatic N) is 2. The van der Waals surface area contributed by atoms with Crippen molar-refractivity contribution in [3.63, 3.8) is 0 Å². The number of sulfonamides is 1. The molecule has 1 amide bonds. The molecule has 0 unspecified atom stereocenters. The average Bonchev–Trinajstić information content (AvgIpc) is 3.18. The molecule has 3 aromatic rings. The molecule has 0 radical (unpaired) electrons. The van der Waals surface area contributed by atoms with E-state index in [-0.39, 0.29) is 16.7 Å². The molecule has 0 saturated carbocycles. The Morgan fingerprint density at radius 2 is 1.74 bits per heavy atom. The fourth-order valence-electron chi connectivity index (χ4n) is 4.13. The first-order chi connectivity index (χ1) is 16.1. The second-order valence-electron chi connectivity index (χ2n) is 8.29. The van der Waals surface area contributed by atoms with Crippen LogP contribution in [0.25, 0.3) is 0 Å². The van der Waals surface area contributed by atoms with Gasteiger partial charge in [-0.1, -0.05) is 17.7 Å². The highest BCUT2D eigenvalue weighted by atomic mass is 35.5. The second-order valence-corrected chi connectivity index (χ2v) is 10.3. The van der Waals surface area contributed by atoms with E-state index in [1.807, 2.05) is 26.0 Å². The van der Waals surface area contributed by atoms with Crippen LogP contribution in [0, 0.1) is 25.2 Å². The molecule has 1 saturated heterocycles. The van der Waals surface area contributed by atoms with Crippen LogP contribution >= 0.6 is 11.6 Å². The number of amides is 1. The lowest BCUT2D eigenvalue weighted by atomic mass is 9.98. The van der Waals surface area contributed by atoms with Crippen molar-refractivity contribution in [2.75, 3.05) is 11.4 Å². The van der Waals surface area contributed by atoms with E-state index in [1.165, 1.54) is 12.1 Å². The second kappa shape index (κ2) is 9.11.